The van der Waals surface area contributed by atoms with Gasteiger partial charge in [0.1, 0.15) is 23.8 Å². The zero-order valence-electron chi connectivity index (χ0n) is 31.0. The number of rotatable bonds is 16. The summed E-state index contributed by atoms with van der Waals surface area (Å²) in [5.41, 5.74) is 7.77. The molecule has 3 amide bonds. The lowest BCUT2D eigenvalue weighted by Crippen LogP contribution is -2.52. The van der Waals surface area contributed by atoms with Crippen LogP contribution in [-0.4, -0.2) is 94.9 Å². The number of ketones is 2. The second-order valence-corrected chi connectivity index (χ2v) is 14.8. The van der Waals surface area contributed by atoms with E-state index in [1.54, 1.807) is 29.2 Å². The van der Waals surface area contributed by atoms with Crippen molar-refractivity contribution in [2.75, 3.05) is 26.2 Å². The zero-order valence-corrected chi connectivity index (χ0v) is 31.0. The van der Waals surface area contributed by atoms with Crippen molar-refractivity contribution >= 4 is 40.8 Å². The van der Waals surface area contributed by atoms with Gasteiger partial charge in [-0.1, -0.05) is 48.9 Å². The van der Waals surface area contributed by atoms with Crippen molar-refractivity contribution in [2.24, 2.45) is 11.7 Å². The fourth-order valence-electron chi connectivity index (χ4n) is 7.86. The molecule has 1 aromatic heterocycles. The van der Waals surface area contributed by atoms with Gasteiger partial charge in [0.15, 0.2) is 11.4 Å². The molecule has 3 fully saturated rings. The third kappa shape index (κ3) is 10.2. The molecule has 54 heavy (non-hydrogen) atoms. The van der Waals surface area contributed by atoms with Gasteiger partial charge in [0.2, 0.25) is 11.7 Å². The Kier molecular flexibility index (Phi) is 13.7. The average Bonchev–Trinajstić information content (AvgIpc) is 3.97. The van der Waals surface area contributed by atoms with Crippen molar-refractivity contribution in [3.63, 3.8) is 0 Å². The van der Waals surface area contributed by atoms with Gasteiger partial charge in [0, 0.05) is 31.8 Å². The first-order chi connectivity index (χ1) is 26.3. The second kappa shape index (κ2) is 19.0. The van der Waals surface area contributed by atoms with Gasteiger partial charge >= 0.3 is 12.2 Å². The monoisotopic (exact) mass is 743 g/mol. The average molecular weight is 744 g/mol. The topological polar surface area (TPSA) is 174 Å². The van der Waals surface area contributed by atoms with Crippen LogP contribution in [0.5, 0.6) is 0 Å². The van der Waals surface area contributed by atoms with Gasteiger partial charge in [0.25, 0.3) is 5.89 Å². The van der Waals surface area contributed by atoms with Crippen LogP contribution in [0.4, 0.5) is 9.59 Å². The maximum Gasteiger partial charge on any atom is 0.410 e. The fraction of sp³-hybridized carbons (Fsp3) is 0.561. The minimum Gasteiger partial charge on any atom is -0.446 e. The highest BCUT2D eigenvalue weighted by Gasteiger charge is 2.45. The Morgan fingerprint density at radius 2 is 1.61 bits per heavy atom. The molecular weight excluding hydrogens is 690 g/mol. The number of unbranched alkanes of at least 4 members (excludes halogenated alkanes) is 1. The Balaban J connectivity index is 1.23. The fourth-order valence-corrected chi connectivity index (χ4v) is 7.86. The summed E-state index contributed by atoms with van der Waals surface area (Å²) in [6.45, 7) is 1.60. The molecule has 3 aliphatic rings. The number of hydrogen-bond acceptors (Lipinski definition) is 10. The Morgan fingerprint density at radius 1 is 0.870 bits per heavy atom. The van der Waals surface area contributed by atoms with Gasteiger partial charge in [-0.3, -0.25) is 14.4 Å². The Hall–Kier alpha value is -4.78. The smallest absolute Gasteiger partial charge is 0.410 e. The number of benzene rings is 2. The summed E-state index contributed by atoms with van der Waals surface area (Å²) in [4.78, 5) is 76.8. The van der Waals surface area contributed by atoms with Crippen molar-refractivity contribution in [2.45, 2.75) is 114 Å². The minimum absolute atomic E-state index is 0.0209. The number of carbonyl (C=O) groups is 5. The lowest BCUT2D eigenvalue weighted by atomic mass is 9.89. The van der Waals surface area contributed by atoms with Gasteiger partial charge in [-0.05, 0) is 94.9 Å². The number of amides is 3. The van der Waals surface area contributed by atoms with E-state index in [0.29, 0.717) is 56.4 Å². The number of nitrogens with two attached hydrogens (primary N) is 1. The van der Waals surface area contributed by atoms with Crippen LogP contribution in [0.1, 0.15) is 99.7 Å². The molecule has 0 bridgehead atoms. The number of hydrogen-bond donors (Lipinski definition) is 2. The van der Waals surface area contributed by atoms with Crippen LogP contribution in [0.25, 0.3) is 11.1 Å². The van der Waals surface area contributed by atoms with E-state index in [0.717, 1.165) is 50.5 Å². The Bertz CT molecular complexity index is 1700. The first-order valence-corrected chi connectivity index (χ1v) is 19.7. The van der Waals surface area contributed by atoms with E-state index in [4.69, 9.17) is 19.6 Å². The quantitative estimate of drug-likeness (QED) is 0.131. The number of ether oxygens (including phenoxy) is 2. The number of alkyl carbamates (subject to hydrolysis) is 1. The number of Topliss-reactive ketones (excluding diaryl/α,β-unsaturated/α-hetero) is 2. The normalized spacial score (nSPS) is 20.1. The van der Waals surface area contributed by atoms with Crippen molar-refractivity contribution in [3.8, 4) is 0 Å². The number of para-hydroxylation sites is 2. The largest absolute Gasteiger partial charge is 0.446 e. The first kappa shape index (κ1) is 38.9. The third-order valence-electron chi connectivity index (χ3n) is 10.9. The summed E-state index contributed by atoms with van der Waals surface area (Å²) < 4.78 is 17.4. The Morgan fingerprint density at radius 3 is 2.35 bits per heavy atom. The standard InChI is InChI=1S/C41H53N5O8/c42-22-10-9-15-29(37(48)38-43-32-18-7-8-19-36(32)54-38)25-35(47)34-26-31(53-41(51)45-23-11-2-12-24-45)27-46(34)39(49)33(21-20-28-13-3-1-4-14-28)44-40(50)52-30-16-5-6-17-30/h1,3-4,7-8,13-14,18-19,29-31,33-34H,2,5-6,9-12,15-17,20-27,42H2,(H,44,50)/t29-,31-,33-,34+/m1/s1. The number of nitrogens with one attached hydrogen (secondary N) is 1. The predicted molar refractivity (Wildman–Crippen MR) is 201 cm³/mol. The first-order valence-electron chi connectivity index (χ1n) is 19.7. The maximum absolute atomic E-state index is 14.6. The summed E-state index contributed by atoms with van der Waals surface area (Å²) in [5.74, 6) is -2.03. The second-order valence-electron chi connectivity index (χ2n) is 14.8. The van der Waals surface area contributed by atoms with E-state index in [-0.39, 0.29) is 43.6 Å². The molecular formula is C41H53N5O8. The van der Waals surface area contributed by atoms with Gasteiger partial charge in [-0.25, -0.2) is 14.6 Å². The van der Waals surface area contributed by atoms with Crippen molar-refractivity contribution in [1.29, 1.82) is 0 Å². The highest BCUT2D eigenvalue weighted by molar-refractivity contribution is 6.00. The van der Waals surface area contributed by atoms with Crippen LogP contribution < -0.4 is 11.1 Å². The summed E-state index contributed by atoms with van der Waals surface area (Å²) >= 11 is 0. The number of aromatic nitrogens is 1. The van der Waals surface area contributed by atoms with Crippen LogP contribution in [0, 0.1) is 5.92 Å². The van der Waals surface area contributed by atoms with Crippen LogP contribution in [0.15, 0.2) is 59.0 Å². The highest BCUT2D eigenvalue weighted by Crippen LogP contribution is 2.29. The summed E-state index contributed by atoms with van der Waals surface area (Å²) in [7, 11) is 0. The molecule has 0 radical (unpaired) electrons. The number of nitrogens with zero attached hydrogens (tertiary/aromatic N) is 3. The molecule has 3 N–H and O–H groups in total. The van der Waals surface area contributed by atoms with Gasteiger partial charge in [-0.2, -0.15) is 0 Å². The predicted octanol–water partition coefficient (Wildman–Crippen LogP) is 5.98. The van der Waals surface area contributed by atoms with Crippen LogP contribution in [-0.2, 0) is 25.5 Å². The molecule has 1 aliphatic carbocycles. The number of aryl methyl sites for hydroxylation is 1. The van der Waals surface area contributed by atoms with E-state index < -0.39 is 48.0 Å². The van der Waals surface area contributed by atoms with Crippen molar-refractivity contribution in [1.82, 2.24) is 20.1 Å². The molecule has 2 aliphatic heterocycles. The van der Waals surface area contributed by atoms with Crippen LogP contribution in [0.3, 0.4) is 0 Å². The zero-order chi connectivity index (χ0) is 37.9. The van der Waals surface area contributed by atoms with E-state index in [2.05, 4.69) is 10.3 Å². The molecule has 2 saturated heterocycles. The van der Waals surface area contributed by atoms with Crippen LogP contribution in [0.2, 0.25) is 0 Å². The lowest BCUT2D eigenvalue weighted by molar-refractivity contribution is -0.139. The molecule has 290 valence electrons. The number of carbonyl (C=O) groups excluding carboxylic acids is 5. The molecule has 13 heteroatoms. The molecule has 6 rings (SSSR count). The lowest BCUT2D eigenvalue weighted by Gasteiger charge is -2.29. The van der Waals surface area contributed by atoms with Gasteiger partial charge < -0.3 is 34.7 Å². The van der Waals surface area contributed by atoms with Crippen molar-refractivity contribution < 1.29 is 37.9 Å². The van der Waals surface area contributed by atoms with Gasteiger partial charge in [-0.15, -0.1) is 0 Å². The number of fused-ring (bicyclic) bond motifs is 1. The highest BCUT2D eigenvalue weighted by atomic mass is 16.6. The SMILES string of the molecule is NCCCC[C@H](CC(=O)[C@@H]1C[C@@H](OC(=O)N2CCCCC2)CN1C(=O)[C@@H](CCc1ccccc1)NC(=O)OC1CCCC1)C(=O)c1nc2ccccc2o1. The molecule has 0 spiro atoms. The third-order valence-corrected chi connectivity index (χ3v) is 10.9. The maximum atomic E-state index is 14.6. The minimum atomic E-state index is -1.01. The summed E-state index contributed by atoms with van der Waals surface area (Å²) in [6.07, 6.45) is 6.54. The van der Waals surface area contributed by atoms with E-state index in [1.165, 1.54) is 4.90 Å². The summed E-state index contributed by atoms with van der Waals surface area (Å²) in [5, 5.41) is 2.82. The number of likely N-dealkylation sites (tertiary alicyclic amines) is 2. The summed E-state index contributed by atoms with van der Waals surface area (Å²) in [6, 6.07) is 14.7. The Labute approximate surface area is 316 Å². The van der Waals surface area contributed by atoms with Gasteiger partial charge in [0.05, 0.1) is 12.6 Å². The molecule has 0 unspecified atom stereocenters. The molecule has 3 heterocycles. The molecule has 13 nitrogen and oxygen atoms in total. The number of oxazole rings is 1. The van der Waals surface area contributed by atoms with E-state index >= 15 is 0 Å². The van der Waals surface area contributed by atoms with E-state index in [1.807, 2.05) is 30.3 Å². The molecule has 2 aromatic carbocycles. The molecule has 4 atom stereocenters. The van der Waals surface area contributed by atoms with E-state index in [9.17, 15) is 24.0 Å². The molecule has 1 saturated carbocycles. The number of piperidine rings is 1. The molecule has 3 aromatic rings. The van der Waals surface area contributed by atoms with Crippen molar-refractivity contribution in [3.05, 3.63) is 66.1 Å². The van der Waals surface area contributed by atoms with Crippen LogP contribution >= 0.6 is 0 Å².